The van der Waals surface area contributed by atoms with Crippen molar-refractivity contribution < 1.29 is 4.74 Å². The zero-order valence-corrected chi connectivity index (χ0v) is 12.7. The van der Waals surface area contributed by atoms with Crippen LogP contribution in [0.4, 0.5) is 0 Å². The van der Waals surface area contributed by atoms with Gasteiger partial charge in [-0.2, -0.15) is 5.10 Å². The van der Waals surface area contributed by atoms with E-state index in [1.807, 2.05) is 43.0 Å². The molecule has 0 spiro atoms. The predicted molar refractivity (Wildman–Crippen MR) is 81.2 cm³/mol. The van der Waals surface area contributed by atoms with Gasteiger partial charge in [0, 0.05) is 43.6 Å². The first kappa shape index (κ1) is 14.1. The number of aromatic nitrogens is 3. The van der Waals surface area contributed by atoms with Gasteiger partial charge < -0.3 is 10.1 Å². The van der Waals surface area contributed by atoms with Crippen LogP contribution in [0, 0.1) is 6.92 Å². The number of nitrogens with one attached hydrogen (secondary N) is 1. The molecule has 0 amide bonds. The predicted octanol–water partition coefficient (Wildman–Crippen LogP) is 2.00. The van der Waals surface area contributed by atoms with Crippen molar-refractivity contribution in [2.45, 2.75) is 38.8 Å². The second-order valence-electron chi connectivity index (χ2n) is 5.60. The second-order valence-corrected chi connectivity index (χ2v) is 5.60. The quantitative estimate of drug-likeness (QED) is 0.846. The molecule has 1 saturated carbocycles. The smallest absolute Gasteiger partial charge is 0.142 e. The number of rotatable bonds is 7. The summed E-state index contributed by atoms with van der Waals surface area (Å²) < 4.78 is 7.81. The Kier molecular flexibility index (Phi) is 4.20. The molecule has 21 heavy (non-hydrogen) atoms. The molecular weight excluding hydrogens is 264 g/mol. The van der Waals surface area contributed by atoms with Gasteiger partial charge in [-0.05, 0) is 38.0 Å². The molecule has 0 aliphatic heterocycles. The fraction of sp³-hybridized carbons (Fsp3) is 0.500. The normalized spacial score (nSPS) is 14.4. The van der Waals surface area contributed by atoms with E-state index in [0.29, 0.717) is 12.6 Å². The van der Waals surface area contributed by atoms with Crippen molar-refractivity contribution in [2.24, 2.45) is 7.05 Å². The van der Waals surface area contributed by atoms with Crippen LogP contribution >= 0.6 is 0 Å². The first-order chi connectivity index (χ1) is 10.2. The zero-order chi connectivity index (χ0) is 14.7. The fourth-order valence-corrected chi connectivity index (χ4v) is 2.30. The minimum Gasteiger partial charge on any atom is -0.491 e. The van der Waals surface area contributed by atoms with Crippen LogP contribution in [0.15, 0.2) is 24.4 Å². The number of nitrogens with zero attached hydrogens (tertiary/aromatic N) is 3. The summed E-state index contributed by atoms with van der Waals surface area (Å²) in [6.45, 7) is 3.44. The third-order valence-corrected chi connectivity index (χ3v) is 3.75. The Bertz CT molecular complexity index is 604. The topological polar surface area (TPSA) is 52.0 Å². The maximum absolute atomic E-state index is 5.93. The first-order valence-corrected chi connectivity index (χ1v) is 7.52. The third-order valence-electron chi connectivity index (χ3n) is 3.75. The highest BCUT2D eigenvalue weighted by Crippen LogP contribution is 2.22. The van der Waals surface area contributed by atoms with Crippen LogP contribution in [-0.4, -0.2) is 27.4 Å². The Labute approximate surface area is 125 Å². The number of aryl methyl sites for hydroxylation is 2. The van der Waals surface area contributed by atoms with Gasteiger partial charge in [0.25, 0.3) is 0 Å². The van der Waals surface area contributed by atoms with Crippen molar-refractivity contribution in [3.05, 3.63) is 41.5 Å². The van der Waals surface area contributed by atoms with Crippen LogP contribution in [0.5, 0.6) is 5.75 Å². The lowest BCUT2D eigenvalue weighted by molar-refractivity contribution is 0.312. The summed E-state index contributed by atoms with van der Waals surface area (Å²) in [5.41, 5.74) is 3.21. The lowest BCUT2D eigenvalue weighted by Gasteiger charge is -2.12. The van der Waals surface area contributed by atoms with Gasteiger partial charge in [-0.15, -0.1) is 0 Å². The molecule has 1 fully saturated rings. The monoisotopic (exact) mass is 286 g/mol. The molecule has 5 heteroatoms. The Hall–Kier alpha value is -1.88. The largest absolute Gasteiger partial charge is 0.491 e. The molecule has 1 aliphatic rings. The van der Waals surface area contributed by atoms with Crippen molar-refractivity contribution in [1.29, 1.82) is 0 Å². The van der Waals surface area contributed by atoms with Gasteiger partial charge in [-0.3, -0.25) is 9.67 Å². The molecule has 0 bridgehead atoms. The van der Waals surface area contributed by atoms with E-state index in [1.54, 1.807) is 0 Å². The molecule has 0 unspecified atom stereocenters. The Morgan fingerprint density at radius 2 is 2.19 bits per heavy atom. The van der Waals surface area contributed by atoms with Crippen molar-refractivity contribution in [2.75, 3.05) is 6.61 Å². The van der Waals surface area contributed by atoms with Crippen molar-refractivity contribution >= 4 is 0 Å². The van der Waals surface area contributed by atoms with Crippen LogP contribution in [0.1, 0.15) is 29.9 Å². The van der Waals surface area contributed by atoms with Gasteiger partial charge >= 0.3 is 0 Å². The molecule has 3 rings (SSSR count). The summed E-state index contributed by atoms with van der Waals surface area (Å²) in [7, 11) is 1.95. The van der Waals surface area contributed by atoms with Gasteiger partial charge in [0.1, 0.15) is 5.75 Å². The number of pyridine rings is 1. The van der Waals surface area contributed by atoms with E-state index in [4.69, 9.17) is 4.74 Å². The average molecular weight is 286 g/mol. The number of hydrogen-bond acceptors (Lipinski definition) is 4. The maximum Gasteiger partial charge on any atom is 0.142 e. The summed E-state index contributed by atoms with van der Waals surface area (Å²) in [6.07, 6.45) is 5.22. The Balaban J connectivity index is 1.59. The van der Waals surface area contributed by atoms with Crippen LogP contribution in [0.25, 0.3) is 0 Å². The molecule has 0 saturated heterocycles. The summed E-state index contributed by atoms with van der Waals surface area (Å²) >= 11 is 0. The molecule has 2 aromatic rings. The molecule has 0 atom stereocenters. The standard InChI is InChI=1S/C16H22N4O/c1-12-3-6-16(15(19-12)11-17-13-4-5-13)21-10-8-14-7-9-18-20(14)2/h3,6-7,9,13,17H,4-5,8,10-11H2,1-2H3. The van der Waals surface area contributed by atoms with Gasteiger partial charge in [-0.1, -0.05) is 0 Å². The van der Waals surface area contributed by atoms with E-state index in [1.165, 1.54) is 18.5 Å². The SMILES string of the molecule is Cc1ccc(OCCc2ccnn2C)c(CNC2CC2)n1. The van der Waals surface area contributed by atoms with E-state index in [9.17, 15) is 0 Å². The first-order valence-electron chi connectivity index (χ1n) is 7.52. The number of ether oxygens (including phenoxy) is 1. The molecule has 0 radical (unpaired) electrons. The third kappa shape index (κ3) is 3.82. The molecule has 2 aromatic heterocycles. The highest BCUT2D eigenvalue weighted by atomic mass is 16.5. The van der Waals surface area contributed by atoms with Crippen LogP contribution < -0.4 is 10.1 Å². The van der Waals surface area contributed by atoms with Crippen molar-refractivity contribution in [3.8, 4) is 5.75 Å². The molecule has 1 N–H and O–H groups in total. The van der Waals surface area contributed by atoms with Gasteiger partial charge in [-0.25, -0.2) is 0 Å². The van der Waals surface area contributed by atoms with E-state index in [2.05, 4.69) is 15.4 Å². The fourth-order valence-electron chi connectivity index (χ4n) is 2.30. The summed E-state index contributed by atoms with van der Waals surface area (Å²) in [5.74, 6) is 0.885. The van der Waals surface area contributed by atoms with Crippen LogP contribution in [0.2, 0.25) is 0 Å². The Morgan fingerprint density at radius 1 is 1.33 bits per heavy atom. The van der Waals surface area contributed by atoms with Crippen LogP contribution in [-0.2, 0) is 20.0 Å². The second kappa shape index (κ2) is 6.26. The molecule has 5 nitrogen and oxygen atoms in total. The van der Waals surface area contributed by atoms with E-state index >= 15 is 0 Å². The van der Waals surface area contributed by atoms with Gasteiger partial charge in [0.15, 0.2) is 0 Å². The van der Waals surface area contributed by atoms with Crippen molar-refractivity contribution in [1.82, 2.24) is 20.1 Å². The van der Waals surface area contributed by atoms with Crippen LogP contribution in [0.3, 0.4) is 0 Å². The zero-order valence-electron chi connectivity index (χ0n) is 12.7. The highest BCUT2D eigenvalue weighted by molar-refractivity contribution is 5.29. The maximum atomic E-state index is 5.93. The molecule has 112 valence electrons. The van der Waals surface area contributed by atoms with E-state index < -0.39 is 0 Å². The summed E-state index contributed by atoms with van der Waals surface area (Å²) in [4.78, 5) is 4.60. The van der Waals surface area contributed by atoms with Gasteiger partial charge in [0.2, 0.25) is 0 Å². The van der Waals surface area contributed by atoms with E-state index in [0.717, 1.165) is 30.1 Å². The van der Waals surface area contributed by atoms with E-state index in [-0.39, 0.29) is 0 Å². The lowest BCUT2D eigenvalue weighted by atomic mass is 10.2. The average Bonchev–Trinajstić information content (AvgIpc) is 3.21. The minimum absolute atomic E-state index is 0.640. The van der Waals surface area contributed by atoms with Gasteiger partial charge in [0.05, 0.1) is 12.3 Å². The minimum atomic E-state index is 0.640. The Morgan fingerprint density at radius 3 is 2.90 bits per heavy atom. The molecule has 0 aromatic carbocycles. The number of hydrogen-bond donors (Lipinski definition) is 1. The summed E-state index contributed by atoms with van der Waals surface area (Å²) in [6, 6.07) is 6.72. The highest BCUT2D eigenvalue weighted by Gasteiger charge is 2.21. The van der Waals surface area contributed by atoms with Crippen molar-refractivity contribution in [3.63, 3.8) is 0 Å². The molecular formula is C16H22N4O. The molecule has 2 heterocycles. The lowest BCUT2D eigenvalue weighted by Crippen LogP contribution is -2.18. The molecule has 1 aliphatic carbocycles. The summed E-state index contributed by atoms with van der Waals surface area (Å²) in [5, 5.41) is 7.66.